The number of halogens is 1. The second-order valence-electron chi connectivity index (χ2n) is 8.47. The van der Waals surface area contributed by atoms with E-state index in [1.165, 1.54) is 23.5 Å². The topological polar surface area (TPSA) is 87.5 Å². The van der Waals surface area contributed by atoms with Gasteiger partial charge in [-0.15, -0.1) is 11.3 Å². The highest BCUT2D eigenvalue weighted by Gasteiger charge is 2.28. The molecule has 184 valence electrons. The Hall–Kier alpha value is -3.44. The molecule has 1 saturated heterocycles. The molecule has 0 spiro atoms. The molecule has 1 aliphatic rings. The number of hydrogen-bond donors (Lipinski definition) is 1. The van der Waals surface area contributed by atoms with Crippen LogP contribution in [0.3, 0.4) is 0 Å². The highest BCUT2D eigenvalue weighted by atomic mass is 32.2. The molecule has 2 aromatic heterocycles. The number of fused-ring (bicyclic) bond motifs is 1. The van der Waals surface area contributed by atoms with Gasteiger partial charge in [-0.05, 0) is 55.5 Å². The minimum atomic E-state index is -3.70. The molecule has 0 aliphatic carbocycles. The number of benzene rings is 2. The number of carbonyl (C=O) groups is 1. The second kappa shape index (κ2) is 9.31. The zero-order valence-corrected chi connectivity index (χ0v) is 20.6. The number of sulfonamides is 1. The van der Waals surface area contributed by atoms with Gasteiger partial charge in [-0.25, -0.2) is 17.8 Å². The molecule has 11 heteroatoms. The van der Waals surface area contributed by atoms with Crippen LogP contribution in [0.4, 0.5) is 15.2 Å². The predicted molar refractivity (Wildman–Crippen MR) is 137 cm³/mol. The molecule has 1 unspecified atom stereocenters. The van der Waals surface area contributed by atoms with Gasteiger partial charge >= 0.3 is 0 Å². The summed E-state index contributed by atoms with van der Waals surface area (Å²) in [7, 11) is -3.70. The van der Waals surface area contributed by atoms with Gasteiger partial charge in [-0.2, -0.15) is 0 Å². The molecule has 8 nitrogen and oxygen atoms in total. The van der Waals surface area contributed by atoms with Crippen molar-refractivity contribution in [1.82, 2.24) is 14.5 Å². The van der Waals surface area contributed by atoms with E-state index in [9.17, 15) is 17.6 Å². The number of thiazole rings is 1. The third-order valence-electron chi connectivity index (χ3n) is 6.15. The molecule has 0 radical (unpaired) electrons. The molecule has 4 aromatic rings. The van der Waals surface area contributed by atoms with Crippen LogP contribution >= 0.6 is 11.3 Å². The molecule has 1 amide bonds. The van der Waals surface area contributed by atoms with Crippen LogP contribution in [0.1, 0.15) is 8.35 Å². The van der Waals surface area contributed by atoms with Gasteiger partial charge in [0.25, 0.3) is 10.0 Å². The average molecular weight is 516 g/mol. The fraction of sp³-hybridized carbons (Fsp3) is 0.250. The number of rotatable bonds is 6. The molecule has 5 rings (SSSR count). The van der Waals surface area contributed by atoms with Crippen molar-refractivity contribution in [1.29, 1.82) is 0 Å². The monoisotopic (exact) mass is 515 g/mol. The summed E-state index contributed by atoms with van der Waals surface area (Å²) in [6.45, 7) is 4.02. The molecule has 1 aliphatic heterocycles. The van der Waals surface area contributed by atoms with Crippen LogP contribution in [-0.4, -0.2) is 54.5 Å². The van der Waals surface area contributed by atoms with Crippen molar-refractivity contribution in [3.63, 3.8) is 0 Å². The van der Waals surface area contributed by atoms with Crippen molar-refractivity contribution in [3.8, 4) is 0 Å². The highest BCUT2D eigenvalue weighted by molar-refractivity contribution is 7.93. The Morgan fingerprint density at radius 2 is 2.00 bits per heavy atom. The minimum absolute atomic E-state index is 0. The summed E-state index contributed by atoms with van der Waals surface area (Å²) in [5.74, 6) is -0.290. The number of carbonyl (C=O) groups excluding carboxylic acids is 1. The van der Waals surface area contributed by atoms with Gasteiger partial charge in [0.15, 0.2) is 5.13 Å². The summed E-state index contributed by atoms with van der Waals surface area (Å²) in [5, 5.41) is 2.79. The number of amides is 1. The summed E-state index contributed by atoms with van der Waals surface area (Å²) >= 11 is 1.22. The number of nitrogens with zero attached hydrogens (tertiary/aromatic N) is 4. The van der Waals surface area contributed by atoms with Gasteiger partial charge in [0.05, 0.1) is 4.90 Å². The first-order chi connectivity index (χ1) is 16.8. The first-order valence-electron chi connectivity index (χ1n) is 11.1. The van der Waals surface area contributed by atoms with E-state index in [1.807, 2.05) is 28.7 Å². The van der Waals surface area contributed by atoms with Gasteiger partial charge < -0.3 is 14.4 Å². The number of aromatic nitrogens is 2. The van der Waals surface area contributed by atoms with Crippen molar-refractivity contribution < 1.29 is 19.0 Å². The first-order valence-corrected chi connectivity index (χ1v) is 13.5. The molecule has 2 aromatic carbocycles. The number of piperazine rings is 1. The summed E-state index contributed by atoms with van der Waals surface area (Å²) in [4.78, 5) is 21.2. The van der Waals surface area contributed by atoms with E-state index in [4.69, 9.17) is 0 Å². The number of hydrogen-bond acceptors (Lipinski definition) is 6. The Bertz CT molecular complexity index is 1460. The van der Waals surface area contributed by atoms with Gasteiger partial charge in [0.2, 0.25) is 5.91 Å². The van der Waals surface area contributed by atoms with E-state index in [0.29, 0.717) is 24.8 Å². The smallest absolute Gasteiger partial charge is 0.263 e. The lowest BCUT2D eigenvalue weighted by molar-refractivity contribution is -0.134. The number of anilines is 2. The third-order valence-corrected chi connectivity index (χ3v) is 8.33. The Morgan fingerprint density at radius 1 is 1.20 bits per heavy atom. The maximum absolute atomic E-state index is 13.5. The molecule has 3 heterocycles. The SMILES string of the molecule is CC1CN(c2ccc(S(=O)(=O)Nc3nccs3)cc2)CCN1C(=O)Cn1ccc2cc(F)ccc21.[HH]. The normalized spacial score (nSPS) is 16.6. The van der Waals surface area contributed by atoms with Crippen molar-refractivity contribution in [3.05, 3.63) is 72.1 Å². The lowest BCUT2D eigenvalue weighted by Gasteiger charge is -2.41. The molecule has 0 bridgehead atoms. The zero-order chi connectivity index (χ0) is 24.6. The predicted octanol–water partition coefficient (Wildman–Crippen LogP) is 4.02. The quantitative estimate of drug-likeness (QED) is 0.419. The van der Waals surface area contributed by atoms with Crippen molar-refractivity contribution in [2.75, 3.05) is 29.3 Å². The lowest BCUT2D eigenvalue weighted by atomic mass is 10.1. The maximum atomic E-state index is 13.5. The molecular formula is C24H26FN5O3S2. The van der Waals surface area contributed by atoms with Gasteiger partial charge in [0.1, 0.15) is 12.4 Å². The Labute approximate surface area is 208 Å². The van der Waals surface area contributed by atoms with Crippen LogP contribution in [-0.2, 0) is 21.4 Å². The summed E-state index contributed by atoms with van der Waals surface area (Å²) in [6.07, 6.45) is 3.35. The summed E-state index contributed by atoms with van der Waals surface area (Å²) < 4.78 is 42.9. The Morgan fingerprint density at radius 3 is 2.71 bits per heavy atom. The minimum Gasteiger partial charge on any atom is -0.368 e. The summed E-state index contributed by atoms with van der Waals surface area (Å²) in [5.41, 5.74) is 1.72. The maximum Gasteiger partial charge on any atom is 0.263 e. The molecule has 1 fully saturated rings. The number of nitrogens with one attached hydrogen (secondary N) is 1. The first kappa shape index (κ1) is 23.3. The molecule has 35 heavy (non-hydrogen) atoms. The summed E-state index contributed by atoms with van der Waals surface area (Å²) in [6, 6.07) is 13.1. The Balaban J connectivity index is 0.00000304. The van der Waals surface area contributed by atoms with Crippen molar-refractivity contribution in [2.24, 2.45) is 0 Å². The van der Waals surface area contributed by atoms with Crippen LogP contribution in [0.25, 0.3) is 10.9 Å². The third kappa shape index (κ3) is 4.87. The van der Waals surface area contributed by atoms with E-state index in [1.54, 1.807) is 41.9 Å². The Kier molecular flexibility index (Phi) is 6.20. The highest BCUT2D eigenvalue weighted by Crippen LogP contribution is 2.24. The molecular weight excluding hydrogens is 489 g/mol. The van der Waals surface area contributed by atoms with Gasteiger partial charge in [-0.3, -0.25) is 9.52 Å². The van der Waals surface area contributed by atoms with E-state index >= 15 is 0 Å². The van der Waals surface area contributed by atoms with E-state index < -0.39 is 10.0 Å². The van der Waals surface area contributed by atoms with E-state index in [-0.39, 0.29) is 30.6 Å². The zero-order valence-electron chi connectivity index (χ0n) is 19.0. The second-order valence-corrected chi connectivity index (χ2v) is 11.0. The van der Waals surface area contributed by atoms with E-state index in [0.717, 1.165) is 16.6 Å². The standard InChI is InChI=1S/C24H24FN5O3S2.H2/c1-17-15-28(20-3-5-21(6-4-20)35(32,33)27-24-26-9-13-34-24)11-12-30(17)23(31)16-29-10-8-18-14-19(25)2-7-22(18)29;/h2-10,13-14,17H,11-12,15-16H2,1H3,(H,26,27);1H. The largest absolute Gasteiger partial charge is 0.368 e. The van der Waals surface area contributed by atoms with Gasteiger partial charge in [-0.1, -0.05) is 0 Å². The molecule has 1 N–H and O–H groups in total. The van der Waals surface area contributed by atoms with Crippen molar-refractivity contribution >= 4 is 49.0 Å². The van der Waals surface area contributed by atoms with Crippen LogP contribution in [0, 0.1) is 5.82 Å². The fourth-order valence-corrected chi connectivity index (χ4v) is 6.18. The van der Waals surface area contributed by atoms with Crippen LogP contribution in [0.15, 0.2) is 71.2 Å². The fourth-order valence-electron chi connectivity index (χ4n) is 4.39. The molecule has 1 atom stereocenters. The van der Waals surface area contributed by atoms with Crippen LogP contribution in [0.2, 0.25) is 0 Å². The van der Waals surface area contributed by atoms with Crippen LogP contribution in [0.5, 0.6) is 0 Å². The van der Waals surface area contributed by atoms with E-state index in [2.05, 4.69) is 14.6 Å². The average Bonchev–Trinajstić information content (AvgIpc) is 3.48. The lowest BCUT2D eigenvalue weighted by Crippen LogP contribution is -2.54. The molecule has 0 saturated carbocycles. The van der Waals surface area contributed by atoms with Crippen molar-refractivity contribution in [2.45, 2.75) is 24.4 Å². The van der Waals surface area contributed by atoms with Gasteiger partial charge in [0, 0.05) is 61.5 Å². The van der Waals surface area contributed by atoms with Crippen LogP contribution < -0.4 is 9.62 Å².